The second-order valence-electron chi connectivity index (χ2n) is 9.39. The molecule has 6 nitrogen and oxygen atoms in total. The fourth-order valence-electron chi connectivity index (χ4n) is 5.57. The van der Waals surface area contributed by atoms with Crippen LogP contribution in [0.2, 0.25) is 0 Å². The molecular formula is C30H22ClN5OS2. The summed E-state index contributed by atoms with van der Waals surface area (Å²) < 4.78 is 2.05. The molecule has 1 fully saturated rings. The van der Waals surface area contributed by atoms with Crippen LogP contribution in [0, 0.1) is 4.77 Å². The van der Waals surface area contributed by atoms with Crippen molar-refractivity contribution in [1.29, 1.82) is 0 Å². The first-order valence-corrected chi connectivity index (χ1v) is 14.2. The molecule has 2 aliphatic rings. The highest BCUT2D eigenvalue weighted by Crippen LogP contribution is 2.50. The normalized spacial score (nSPS) is 17.4. The van der Waals surface area contributed by atoms with Crippen LogP contribution in [0.5, 0.6) is 0 Å². The van der Waals surface area contributed by atoms with Gasteiger partial charge in [0.1, 0.15) is 10.9 Å². The molecule has 0 saturated carbocycles. The van der Waals surface area contributed by atoms with Crippen LogP contribution in [0.3, 0.4) is 0 Å². The van der Waals surface area contributed by atoms with Crippen LogP contribution in [-0.2, 0) is 16.9 Å². The van der Waals surface area contributed by atoms with Crippen LogP contribution in [0.15, 0.2) is 119 Å². The molecule has 1 saturated heterocycles. The summed E-state index contributed by atoms with van der Waals surface area (Å²) in [6.45, 7) is 0.387. The van der Waals surface area contributed by atoms with Gasteiger partial charge >= 0.3 is 0 Å². The number of fused-ring (bicyclic) bond motifs is 2. The Balaban J connectivity index is 1.39. The number of alkyl halides is 1. The topological polar surface area (TPSA) is 57.2 Å². The van der Waals surface area contributed by atoms with Gasteiger partial charge in [-0.15, -0.1) is 11.6 Å². The number of aromatic nitrogens is 3. The maximum Gasteiger partial charge on any atom is 0.264 e. The zero-order valence-electron chi connectivity index (χ0n) is 20.6. The standard InChI is InChI=1S/C30H22ClN5OS2/c31-27-28(37)36(30(27,20-11-3-1-4-12-20)21-13-5-2-6-14-21)35-26(32-33-29(35)38)19-34-22-15-7-9-17-24(22)39-25-18-10-8-16-23(25)34/h1-18,27H,19H2,(H,33,38). The Morgan fingerprint density at radius 1 is 0.821 bits per heavy atom. The molecule has 3 heterocycles. The second-order valence-corrected chi connectivity index (χ2v) is 11.3. The van der Waals surface area contributed by atoms with Crippen LogP contribution < -0.4 is 9.91 Å². The zero-order valence-corrected chi connectivity index (χ0v) is 23.0. The van der Waals surface area contributed by atoms with E-state index in [4.69, 9.17) is 23.8 Å². The Hall–Kier alpha value is -3.85. The van der Waals surface area contributed by atoms with Gasteiger partial charge in [-0.1, -0.05) is 96.7 Å². The van der Waals surface area contributed by atoms with Crippen LogP contribution in [0.1, 0.15) is 17.0 Å². The fraction of sp³-hybridized carbons (Fsp3) is 0.100. The first-order chi connectivity index (χ1) is 19.1. The van der Waals surface area contributed by atoms with Crippen molar-refractivity contribution in [3.63, 3.8) is 0 Å². The fourth-order valence-corrected chi connectivity index (χ4v) is 7.34. The van der Waals surface area contributed by atoms with E-state index >= 15 is 0 Å². The van der Waals surface area contributed by atoms with E-state index in [9.17, 15) is 4.79 Å². The number of H-pyrrole nitrogens is 1. The van der Waals surface area contributed by atoms with Crippen LogP contribution in [-0.4, -0.2) is 26.2 Å². The SMILES string of the molecule is O=C1C(Cl)C(c2ccccc2)(c2ccccc2)N1n1c(CN2c3ccccc3Sc3ccccc32)n[nH]c1=S. The van der Waals surface area contributed by atoms with Crippen molar-refractivity contribution in [2.45, 2.75) is 27.3 Å². The average molecular weight is 568 g/mol. The quantitative estimate of drug-likeness (QED) is 0.144. The lowest BCUT2D eigenvalue weighted by Crippen LogP contribution is -2.75. The van der Waals surface area contributed by atoms with E-state index < -0.39 is 10.9 Å². The average Bonchev–Trinajstić information content (AvgIpc) is 3.34. The molecule has 0 radical (unpaired) electrons. The lowest BCUT2D eigenvalue weighted by atomic mass is 9.73. The van der Waals surface area contributed by atoms with Gasteiger partial charge in [-0.25, -0.2) is 9.69 Å². The molecular weight excluding hydrogens is 546 g/mol. The maximum absolute atomic E-state index is 13.7. The number of nitrogens with one attached hydrogen (secondary N) is 1. The lowest BCUT2D eigenvalue weighted by molar-refractivity contribution is -0.129. The molecule has 1 aromatic heterocycles. The molecule has 1 unspecified atom stereocenters. The monoisotopic (exact) mass is 567 g/mol. The summed E-state index contributed by atoms with van der Waals surface area (Å²) >= 11 is 14.4. The van der Waals surface area contributed by atoms with Crippen molar-refractivity contribution in [3.05, 3.63) is 131 Å². The van der Waals surface area contributed by atoms with Gasteiger partial charge in [0, 0.05) is 9.79 Å². The Bertz CT molecular complexity index is 1670. The number of para-hydroxylation sites is 2. The summed E-state index contributed by atoms with van der Waals surface area (Å²) in [4.78, 5) is 18.2. The minimum atomic E-state index is -0.967. The predicted octanol–water partition coefficient (Wildman–Crippen LogP) is 6.77. The molecule has 1 amide bonds. The number of anilines is 2. The molecule has 2 aliphatic heterocycles. The van der Waals surface area contributed by atoms with E-state index in [1.54, 1.807) is 21.4 Å². The predicted molar refractivity (Wildman–Crippen MR) is 157 cm³/mol. The van der Waals surface area contributed by atoms with E-state index in [-0.39, 0.29) is 5.91 Å². The van der Waals surface area contributed by atoms with Crippen LogP contribution in [0.25, 0.3) is 0 Å². The second kappa shape index (κ2) is 9.41. The van der Waals surface area contributed by atoms with Crippen molar-refractivity contribution in [3.8, 4) is 0 Å². The number of carbonyl (C=O) groups excluding carboxylic acids is 1. The van der Waals surface area contributed by atoms with Gasteiger partial charge in [0.2, 0.25) is 4.77 Å². The summed E-state index contributed by atoms with van der Waals surface area (Å²) in [6.07, 6.45) is 0. The third-order valence-corrected chi connectivity index (χ3v) is 9.20. The van der Waals surface area contributed by atoms with Gasteiger partial charge < -0.3 is 4.90 Å². The molecule has 5 aromatic rings. The number of aromatic amines is 1. The number of rotatable bonds is 5. The number of halogens is 1. The highest BCUT2D eigenvalue weighted by molar-refractivity contribution is 7.99. The van der Waals surface area contributed by atoms with Crippen LogP contribution >= 0.6 is 35.6 Å². The highest BCUT2D eigenvalue weighted by Gasteiger charge is 2.63. The van der Waals surface area contributed by atoms with Gasteiger partial charge in [0.05, 0.1) is 17.9 Å². The molecule has 1 atom stereocenters. The molecule has 0 spiro atoms. The molecule has 0 bridgehead atoms. The first kappa shape index (κ1) is 24.2. The summed E-state index contributed by atoms with van der Waals surface area (Å²) in [5, 5.41) is 8.43. The van der Waals surface area contributed by atoms with Gasteiger partial charge in [0.25, 0.3) is 5.91 Å². The molecule has 4 aromatic carbocycles. The van der Waals surface area contributed by atoms with E-state index in [2.05, 4.69) is 39.4 Å². The Kier molecular flexibility index (Phi) is 5.84. The minimum absolute atomic E-state index is 0.238. The molecule has 39 heavy (non-hydrogen) atoms. The van der Waals surface area contributed by atoms with E-state index in [1.807, 2.05) is 84.9 Å². The summed E-state index contributed by atoms with van der Waals surface area (Å²) in [7, 11) is 0. The number of hydrogen-bond donors (Lipinski definition) is 1. The highest BCUT2D eigenvalue weighted by atomic mass is 35.5. The smallest absolute Gasteiger partial charge is 0.264 e. The number of amides is 1. The summed E-state index contributed by atoms with van der Waals surface area (Å²) in [6, 6.07) is 36.3. The van der Waals surface area contributed by atoms with Gasteiger partial charge in [-0.3, -0.25) is 9.89 Å². The summed E-state index contributed by atoms with van der Waals surface area (Å²) in [5.74, 6) is 0.364. The Morgan fingerprint density at radius 3 is 1.90 bits per heavy atom. The third-order valence-electron chi connectivity index (χ3n) is 7.30. The Labute approximate surface area is 239 Å². The van der Waals surface area contributed by atoms with E-state index in [0.29, 0.717) is 17.1 Å². The lowest BCUT2D eigenvalue weighted by Gasteiger charge is -2.55. The first-order valence-electron chi connectivity index (χ1n) is 12.5. The number of carbonyl (C=O) groups is 1. The molecule has 192 valence electrons. The minimum Gasteiger partial charge on any atom is -0.332 e. The largest absolute Gasteiger partial charge is 0.332 e. The maximum atomic E-state index is 13.7. The van der Waals surface area contributed by atoms with Crippen molar-refractivity contribution >= 4 is 52.9 Å². The summed E-state index contributed by atoms with van der Waals surface area (Å²) in [5.41, 5.74) is 2.98. The van der Waals surface area contributed by atoms with Crippen molar-refractivity contribution in [2.24, 2.45) is 0 Å². The van der Waals surface area contributed by atoms with Crippen LogP contribution in [0.4, 0.5) is 11.4 Å². The number of nitrogens with zero attached hydrogens (tertiary/aromatic N) is 4. The molecule has 0 aliphatic carbocycles. The van der Waals surface area contributed by atoms with Gasteiger partial charge in [-0.2, -0.15) is 5.10 Å². The number of β-lactam (4-membered cyclic amide) rings is 1. The molecule has 1 N–H and O–H groups in total. The number of benzene rings is 4. The zero-order chi connectivity index (χ0) is 26.6. The van der Waals surface area contributed by atoms with E-state index in [1.165, 1.54) is 0 Å². The van der Waals surface area contributed by atoms with Crippen molar-refractivity contribution in [1.82, 2.24) is 14.9 Å². The van der Waals surface area contributed by atoms with Gasteiger partial charge in [-0.05, 0) is 47.6 Å². The Morgan fingerprint density at radius 2 is 1.33 bits per heavy atom. The molecule has 9 heteroatoms. The van der Waals surface area contributed by atoms with Gasteiger partial charge in [0.15, 0.2) is 5.82 Å². The molecule has 7 rings (SSSR count). The van der Waals surface area contributed by atoms with E-state index in [0.717, 1.165) is 32.3 Å². The third kappa shape index (κ3) is 3.59. The van der Waals surface area contributed by atoms with Crippen molar-refractivity contribution < 1.29 is 4.79 Å². The van der Waals surface area contributed by atoms with Crippen molar-refractivity contribution in [2.75, 3.05) is 9.91 Å². The number of hydrogen-bond acceptors (Lipinski definition) is 5.